The molecule has 2 rings (SSSR count). The molecule has 0 spiro atoms. The first-order valence-electron chi connectivity index (χ1n) is 5.65. The van der Waals surface area contributed by atoms with Crippen molar-refractivity contribution in [1.29, 1.82) is 0 Å². The fourth-order valence-corrected chi connectivity index (χ4v) is 2.91. The summed E-state index contributed by atoms with van der Waals surface area (Å²) in [6, 6.07) is 14.0. The van der Waals surface area contributed by atoms with Crippen molar-refractivity contribution < 1.29 is 4.74 Å². The van der Waals surface area contributed by atoms with Crippen LogP contribution in [0.4, 0.5) is 5.69 Å². The second-order valence-electron chi connectivity index (χ2n) is 3.67. The third kappa shape index (κ3) is 3.21. The van der Waals surface area contributed by atoms with Crippen LogP contribution < -0.4 is 10.5 Å². The Kier molecular flexibility index (Phi) is 4.55. The van der Waals surface area contributed by atoms with Gasteiger partial charge in [0, 0.05) is 14.3 Å². The zero-order valence-corrected chi connectivity index (χ0v) is 12.4. The smallest absolute Gasteiger partial charge is 0.143 e. The predicted octanol–water partition coefficient (Wildman–Crippen LogP) is 4.58. The normalized spacial score (nSPS) is 10.3. The van der Waals surface area contributed by atoms with Gasteiger partial charge in [0.15, 0.2) is 0 Å². The highest BCUT2D eigenvalue weighted by molar-refractivity contribution is 9.10. The third-order valence-electron chi connectivity index (χ3n) is 2.35. The lowest BCUT2D eigenvalue weighted by Crippen LogP contribution is -1.96. The van der Waals surface area contributed by atoms with E-state index in [0.717, 1.165) is 15.1 Å². The van der Waals surface area contributed by atoms with Crippen molar-refractivity contribution in [1.82, 2.24) is 0 Å². The van der Waals surface area contributed by atoms with Crippen LogP contribution in [-0.2, 0) is 0 Å². The Morgan fingerprint density at radius 1 is 1.22 bits per heavy atom. The third-order valence-corrected chi connectivity index (χ3v) is 4.37. The van der Waals surface area contributed by atoms with Gasteiger partial charge in [0.2, 0.25) is 0 Å². The van der Waals surface area contributed by atoms with Gasteiger partial charge < -0.3 is 10.5 Å². The Morgan fingerprint density at radius 2 is 2.00 bits per heavy atom. The van der Waals surface area contributed by atoms with Crippen LogP contribution in [0.2, 0.25) is 0 Å². The summed E-state index contributed by atoms with van der Waals surface area (Å²) >= 11 is 5.22. The van der Waals surface area contributed by atoms with Crippen molar-refractivity contribution in [2.75, 3.05) is 12.3 Å². The van der Waals surface area contributed by atoms with E-state index in [-0.39, 0.29) is 0 Å². The van der Waals surface area contributed by atoms with Crippen LogP contribution >= 0.6 is 27.7 Å². The molecule has 18 heavy (non-hydrogen) atoms. The van der Waals surface area contributed by atoms with Crippen molar-refractivity contribution >= 4 is 33.4 Å². The lowest BCUT2D eigenvalue weighted by atomic mass is 10.3. The molecule has 0 saturated carbocycles. The van der Waals surface area contributed by atoms with Crippen molar-refractivity contribution in [2.24, 2.45) is 0 Å². The second kappa shape index (κ2) is 6.16. The van der Waals surface area contributed by atoms with Crippen LogP contribution in [0.3, 0.4) is 0 Å². The quantitative estimate of drug-likeness (QED) is 0.836. The number of anilines is 1. The minimum Gasteiger partial charge on any atom is -0.492 e. The maximum atomic E-state index is 5.86. The molecule has 0 heterocycles. The molecule has 0 aliphatic heterocycles. The molecule has 2 aromatic carbocycles. The van der Waals surface area contributed by atoms with Crippen molar-refractivity contribution in [3.05, 3.63) is 46.9 Å². The maximum absolute atomic E-state index is 5.86. The van der Waals surface area contributed by atoms with Crippen molar-refractivity contribution in [3.8, 4) is 5.75 Å². The van der Waals surface area contributed by atoms with E-state index < -0.39 is 0 Å². The first-order valence-corrected chi connectivity index (χ1v) is 7.26. The topological polar surface area (TPSA) is 35.2 Å². The van der Waals surface area contributed by atoms with Crippen LogP contribution in [0.15, 0.2) is 56.7 Å². The molecule has 0 aliphatic carbocycles. The highest BCUT2D eigenvalue weighted by Crippen LogP contribution is 2.36. The van der Waals surface area contributed by atoms with E-state index in [9.17, 15) is 0 Å². The molecule has 0 atom stereocenters. The molecule has 94 valence electrons. The monoisotopic (exact) mass is 323 g/mol. The van der Waals surface area contributed by atoms with Gasteiger partial charge in [0.05, 0.1) is 12.3 Å². The average Bonchev–Trinajstić information content (AvgIpc) is 2.36. The Hall–Kier alpha value is -1.13. The Balaban J connectivity index is 2.24. The summed E-state index contributed by atoms with van der Waals surface area (Å²) in [7, 11) is 0. The lowest BCUT2D eigenvalue weighted by Gasteiger charge is -2.09. The molecule has 0 aromatic heterocycles. The van der Waals surface area contributed by atoms with E-state index in [4.69, 9.17) is 10.5 Å². The number of benzene rings is 2. The number of nitrogens with two attached hydrogens (primary N) is 1. The Labute approximate surface area is 120 Å². The molecule has 2 N–H and O–H groups in total. The first-order chi connectivity index (χ1) is 8.70. The summed E-state index contributed by atoms with van der Waals surface area (Å²) in [6.07, 6.45) is 0. The van der Waals surface area contributed by atoms with Crippen LogP contribution in [-0.4, -0.2) is 6.61 Å². The SMILES string of the molecule is CCOc1cc(Sc2ccccc2Br)ccc1N. The molecule has 0 bridgehead atoms. The molecule has 0 amide bonds. The van der Waals surface area contributed by atoms with Crippen LogP contribution in [0.25, 0.3) is 0 Å². The first kappa shape index (κ1) is 13.3. The van der Waals surface area contributed by atoms with Gasteiger partial charge in [0.25, 0.3) is 0 Å². The van der Waals surface area contributed by atoms with E-state index in [1.165, 1.54) is 4.90 Å². The molecule has 0 saturated heterocycles. The van der Waals surface area contributed by atoms with Crippen LogP contribution in [0, 0.1) is 0 Å². The highest BCUT2D eigenvalue weighted by Gasteiger charge is 2.05. The summed E-state index contributed by atoms with van der Waals surface area (Å²) < 4.78 is 6.58. The van der Waals surface area contributed by atoms with Gasteiger partial charge in [-0.3, -0.25) is 0 Å². The Bertz CT molecular complexity index is 545. The Morgan fingerprint density at radius 3 is 2.72 bits per heavy atom. The predicted molar refractivity (Wildman–Crippen MR) is 80.3 cm³/mol. The summed E-state index contributed by atoms with van der Waals surface area (Å²) in [5.74, 6) is 0.745. The van der Waals surface area contributed by atoms with Gasteiger partial charge in [-0.25, -0.2) is 0 Å². The number of hydrogen-bond acceptors (Lipinski definition) is 3. The minimum atomic E-state index is 0.618. The van der Waals surface area contributed by atoms with E-state index in [0.29, 0.717) is 12.3 Å². The molecule has 2 nitrogen and oxygen atoms in total. The summed E-state index contributed by atoms with van der Waals surface area (Å²) in [6.45, 7) is 2.57. The zero-order valence-electron chi connectivity index (χ0n) is 10.0. The molecule has 4 heteroatoms. The second-order valence-corrected chi connectivity index (χ2v) is 5.63. The summed E-state index contributed by atoms with van der Waals surface area (Å²) in [5, 5.41) is 0. The number of ether oxygens (including phenoxy) is 1. The molecule has 0 radical (unpaired) electrons. The standard InChI is InChI=1S/C14H14BrNOS/c1-2-17-13-9-10(7-8-12(13)16)18-14-6-4-3-5-11(14)15/h3-9H,2,16H2,1H3. The number of nitrogen functional groups attached to an aromatic ring is 1. The molecular weight excluding hydrogens is 310 g/mol. The minimum absolute atomic E-state index is 0.618. The van der Waals surface area contributed by atoms with E-state index in [1.54, 1.807) is 11.8 Å². The van der Waals surface area contributed by atoms with Crippen molar-refractivity contribution in [2.45, 2.75) is 16.7 Å². The van der Waals surface area contributed by atoms with Gasteiger partial charge in [0.1, 0.15) is 5.75 Å². The lowest BCUT2D eigenvalue weighted by molar-refractivity contribution is 0.341. The fourth-order valence-electron chi connectivity index (χ4n) is 1.51. The maximum Gasteiger partial charge on any atom is 0.143 e. The van der Waals surface area contributed by atoms with Gasteiger partial charge in [-0.15, -0.1) is 0 Å². The van der Waals surface area contributed by atoms with Crippen LogP contribution in [0.5, 0.6) is 5.75 Å². The molecular formula is C14H14BrNOS. The average molecular weight is 324 g/mol. The van der Waals surface area contributed by atoms with Gasteiger partial charge >= 0.3 is 0 Å². The van der Waals surface area contributed by atoms with Crippen LogP contribution in [0.1, 0.15) is 6.92 Å². The fraction of sp³-hybridized carbons (Fsp3) is 0.143. The highest BCUT2D eigenvalue weighted by atomic mass is 79.9. The van der Waals surface area contributed by atoms with E-state index in [1.807, 2.05) is 43.3 Å². The largest absolute Gasteiger partial charge is 0.492 e. The number of halogens is 1. The van der Waals surface area contributed by atoms with E-state index in [2.05, 4.69) is 22.0 Å². The van der Waals surface area contributed by atoms with E-state index >= 15 is 0 Å². The van der Waals surface area contributed by atoms with Gasteiger partial charge in [-0.1, -0.05) is 23.9 Å². The van der Waals surface area contributed by atoms with Gasteiger partial charge in [-0.2, -0.15) is 0 Å². The molecule has 0 unspecified atom stereocenters. The number of hydrogen-bond donors (Lipinski definition) is 1. The zero-order chi connectivity index (χ0) is 13.0. The molecule has 2 aromatic rings. The number of rotatable bonds is 4. The molecule has 0 aliphatic rings. The summed E-state index contributed by atoms with van der Waals surface area (Å²) in [5.41, 5.74) is 6.53. The van der Waals surface area contributed by atoms with Crippen molar-refractivity contribution in [3.63, 3.8) is 0 Å². The summed E-state index contributed by atoms with van der Waals surface area (Å²) in [4.78, 5) is 2.28. The van der Waals surface area contributed by atoms with Gasteiger partial charge in [-0.05, 0) is 53.2 Å². The molecule has 0 fully saturated rings.